The Kier molecular flexibility index (Phi) is 4.59. The van der Waals surface area contributed by atoms with Crippen molar-refractivity contribution < 1.29 is 4.79 Å². The van der Waals surface area contributed by atoms with E-state index in [0.717, 1.165) is 25.8 Å². The van der Waals surface area contributed by atoms with Gasteiger partial charge in [-0.25, -0.2) is 0 Å². The summed E-state index contributed by atoms with van der Waals surface area (Å²) in [6, 6.07) is 9.24. The summed E-state index contributed by atoms with van der Waals surface area (Å²) in [4.78, 5) is 14.6. The summed E-state index contributed by atoms with van der Waals surface area (Å²) in [7, 11) is 0. The van der Waals surface area contributed by atoms with Gasteiger partial charge in [0.1, 0.15) is 0 Å². The molecule has 0 bridgehead atoms. The van der Waals surface area contributed by atoms with Crippen molar-refractivity contribution in [2.45, 2.75) is 56.9 Å². The maximum absolute atomic E-state index is 12.4. The topological polar surface area (TPSA) is 46.3 Å². The lowest BCUT2D eigenvalue weighted by molar-refractivity contribution is -0.132. The maximum atomic E-state index is 12.4. The molecule has 0 aromatic heterocycles. The normalized spacial score (nSPS) is 24.9. The highest BCUT2D eigenvalue weighted by atomic mass is 16.2. The Balaban J connectivity index is 1.78. The molecular weight excluding hydrogens is 260 g/mol. The lowest BCUT2D eigenvalue weighted by atomic mass is 9.78. The number of aryl methyl sites for hydroxylation is 1. The van der Waals surface area contributed by atoms with Crippen LogP contribution in [0.3, 0.4) is 0 Å². The second-order valence-corrected chi connectivity index (χ2v) is 6.39. The van der Waals surface area contributed by atoms with Crippen LogP contribution in [-0.2, 0) is 11.2 Å². The minimum atomic E-state index is 0.311. The van der Waals surface area contributed by atoms with E-state index >= 15 is 0 Å². The SMILES string of the molecule is NCCCC(=O)N1CCC[C@H]1[C@@H]1CCCc2ccccc21. The molecule has 0 spiro atoms. The van der Waals surface area contributed by atoms with Crippen LogP contribution in [0, 0.1) is 0 Å². The molecule has 1 heterocycles. The summed E-state index contributed by atoms with van der Waals surface area (Å²) in [6.07, 6.45) is 7.40. The van der Waals surface area contributed by atoms with E-state index in [4.69, 9.17) is 5.73 Å². The Bertz CT molecular complexity index is 500. The fourth-order valence-corrected chi connectivity index (χ4v) is 4.11. The van der Waals surface area contributed by atoms with Gasteiger partial charge in [0.15, 0.2) is 0 Å². The number of benzene rings is 1. The molecule has 3 heteroatoms. The van der Waals surface area contributed by atoms with Gasteiger partial charge in [-0.05, 0) is 56.2 Å². The highest BCUT2D eigenvalue weighted by Gasteiger charge is 2.36. The van der Waals surface area contributed by atoms with E-state index in [9.17, 15) is 4.79 Å². The van der Waals surface area contributed by atoms with Crippen LogP contribution in [-0.4, -0.2) is 29.9 Å². The average Bonchev–Trinajstić information content (AvgIpc) is 3.01. The van der Waals surface area contributed by atoms with Gasteiger partial charge in [-0.2, -0.15) is 0 Å². The van der Waals surface area contributed by atoms with E-state index in [2.05, 4.69) is 29.2 Å². The van der Waals surface area contributed by atoms with E-state index in [0.29, 0.717) is 30.8 Å². The Morgan fingerprint density at radius 3 is 2.95 bits per heavy atom. The third-order valence-electron chi connectivity index (χ3n) is 5.09. The Hall–Kier alpha value is -1.35. The largest absolute Gasteiger partial charge is 0.339 e. The standard InChI is InChI=1S/C18H26N2O/c19-12-4-11-18(21)20-13-5-10-17(20)16-9-3-7-14-6-1-2-8-15(14)16/h1-2,6,8,16-17H,3-5,7,9-13,19H2/t16-,17+/m1/s1. The van der Waals surface area contributed by atoms with Crippen molar-refractivity contribution in [1.82, 2.24) is 4.90 Å². The lowest BCUT2D eigenvalue weighted by Crippen LogP contribution is -2.40. The number of fused-ring (bicyclic) bond motifs is 1. The first-order valence-corrected chi connectivity index (χ1v) is 8.38. The molecule has 1 aromatic carbocycles. The number of amides is 1. The molecule has 3 nitrogen and oxygen atoms in total. The summed E-state index contributed by atoms with van der Waals surface area (Å²) in [5.74, 6) is 0.852. The number of carbonyl (C=O) groups is 1. The molecule has 114 valence electrons. The van der Waals surface area contributed by atoms with E-state index in [-0.39, 0.29) is 0 Å². The van der Waals surface area contributed by atoms with Gasteiger partial charge in [0, 0.05) is 24.9 Å². The van der Waals surface area contributed by atoms with Crippen LogP contribution in [0.1, 0.15) is 55.6 Å². The quantitative estimate of drug-likeness (QED) is 0.925. The van der Waals surface area contributed by atoms with E-state index in [1.807, 2.05) is 0 Å². The van der Waals surface area contributed by atoms with Gasteiger partial charge >= 0.3 is 0 Å². The molecule has 1 saturated heterocycles. The van der Waals surface area contributed by atoms with Crippen LogP contribution < -0.4 is 5.73 Å². The predicted octanol–water partition coefficient (Wildman–Crippen LogP) is 2.84. The number of carbonyl (C=O) groups excluding carboxylic acids is 1. The predicted molar refractivity (Wildman–Crippen MR) is 85.1 cm³/mol. The monoisotopic (exact) mass is 286 g/mol. The Morgan fingerprint density at radius 2 is 2.10 bits per heavy atom. The summed E-state index contributed by atoms with van der Waals surface area (Å²) < 4.78 is 0. The van der Waals surface area contributed by atoms with Gasteiger partial charge in [-0.15, -0.1) is 0 Å². The minimum Gasteiger partial charge on any atom is -0.339 e. The zero-order valence-corrected chi connectivity index (χ0v) is 12.8. The number of hydrogen-bond acceptors (Lipinski definition) is 2. The summed E-state index contributed by atoms with van der Waals surface area (Å²) in [6.45, 7) is 1.54. The third-order valence-corrected chi connectivity index (χ3v) is 5.09. The van der Waals surface area contributed by atoms with Crippen molar-refractivity contribution in [2.75, 3.05) is 13.1 Å². The van der Waals surface area contributed by atoms with Crippen molar-refractivity contribution in [1.29, 1.82) is 0 Å². The van der Waals surface area contributed by atoms with Gasteiger partial charge in [-0.1, -0.05) is 24.3 Å². The lowest BCUT2D eigenvalue weighted by Gasteiger charge is -2.35. The Labute approximate surface area is 127 Å². The van der Waals surface area contributed by atoms with E-state index in [1.165, 1.54) is 30.4 Å². The first kappa shape index (κ1) is 14.6. The zero-order valence-electron chi connectivity index (χ0n) is 12.8. The molecule has 2 atom stereocenters. The van der Waals surface area contributed by atoms with E-state index in [1.54, 1.807) is 0 Å². The first-order chi connectivity index (χ1) is 10.3. The molecule has 2 N–H and O–H groups in total. The molecule has 2 aliphatic rings. The van der Waals surface area contributed by atoms with Crippen LogP contribution in [0.4, 0.5) is 0 Å². The second-order valence-electron chi connectivity index (χ2n) is 6.39. The highest BCUT2D eigenvalue weighted by Crippen LogP contribution is 2.39. The van der Waals surface area contributed by atoms with Crippen LogP contribution >= 0.6 is 0 Å². The number of hydrogen-bond donors (Lipinski definition) is 1. The van der Waals surface area contributed by atoms with Crippen LogP contribution in [0.2, 0.25) is 0 Å². The molecule has 1 aromatic rings. The molecule has 3 rings (SSSR count). The smallest absolute Gasteiger partial charge is 0.222 e. The number of likely N-dealkylation sites (tertiary alicyclic amines) is 1. The fourth-order valence-electron chi connectivity index (χ4n) is 4.11. The molecule has 0 saturated carbocycles. The van der Waals surface area contributed by atoms with Crippen molar-refractivity contribution in [2.24, 2.45) is 5.73 Å². The summed E-state index contributed by atoms with van der Waals surface area (Å²) in [5.41, 5.74) is 8.53. The average molecular weight is 286 g/mol. The third kappa shape index (κ3) is 2.98. The zero-order chi connectivity index (χ0) is 14.7. The van der Waals surface area contributed by atoms with Gasteiger partial charge in [-0.3, -0.25) is 4.79 Å². The Morgan fingerprint density at radius 1 is 1.24 bits per heavy atom. The maximum Gasteiger partial charge on any atom is 0.222 e. The van der Waals surface area contributed by atoms with E-state index < -0.39 is 0 Å². The summed E-state index contributed by atoms with van der Waals surface area (Å²) in [5, 5.41) is 0. The second kappa shape index (κ2) is 6.61. The molecule has 0 unspecified atom stereocenters. The molecule has 1 amide bonds. The fraction of sp³-hybridized carbons (Fsp3) is 0.611. The molecular formula is C18H26N2O. The van der Waals surface area contributed by atoms with Gasteiger partial charge in [0.25, 0.3) is 0 Å². The van der Waals surface area contributed by atoms with Crippen molar-refractivity contribution >= 4 is 5.91 Å². The highest BCUT2D eigenvalue weighted by molar-refractivity contribution is 5.77. The number of nitrogens with two attached hydrogens (primary N) is 1. The van der Waals surface area contributed by atoms with Gasteiger partial charge in [0.2, 0.25) is 5.91 Å². The van der Waals surface area contributed by atoms with Gasteiger partial charge in [0.05, 0.1) is 0 Å². The molecule has 1 aliphatic heterocycles. The van der Waals surface area contributed by atoms with Crippen LogP contribution in [0.25, 0.3) is 0 Å². The van der Waals surface area contributed by atoms with Crippen LogP contribution in [0.15, 0.2) is 24.3 Å². The molecule has 1 fully saturated rings. The van der Waals surface area contributed by atoms with Crippen molar-refractivity contribution in [3.05, 3.63) is 35.4 Å². The van der Waals surface area contributed by atoms with Crippen molar-refractivity contribution in [3.63, 3.8) is 0 Å². The van der Waals surface area contributed by atoms with Crippen LogP contribution in [0.5, 0.6) is 0 Å². The number of rotatable bonds is 4. The molecule has 21 heavy (non-hydrogen) atoms. The molecule has 0 radical (unpaired) electrons. The molecule has 1 aliphatic carbocycles. The van der Waals surface area contributed by atoms with Crippen molar-refractivity contribution in [3.8, 4) is 0 Å². The van der Waals surface area contributed by atoms with Gasteiger partial charge < -0.3 is 10.6 Å². The summed E-state index contributed by atoms with van der Waals surface area (Å²) >= 11 is 0. The minimum absolute atomic E-state index is 0.311. The first-order valence-electron chi connectivity index (χ1n) is 8.38. The number of nitrogens with zero attached hydrogens (tertiary/aromatic N) is 1.